The molecular weight excluding hydrogens is 304 g/mol. The average Bonchev–Trinajstić information content (AvgIpc) is 2.47. The quantitative estimate of drug-likeness (QED) is 0.626. The van der Waals surface area contributed by atoms with Crippen LogP contribution in [0.15, 0.2) is 58.5 Å². The molecule has 0 atom stereocenters. The van der Waals surface area contributed by atoms with Gasteiger partial charge in [0.25, 0.3) is 0 Å². The van der Waals surface area contributed by atoms with Crippen molar-refractivity contribution in [2.24, 2.45) is 0 Å². The van der Waals surface area contributed by atoms with Gasteiger partial charge in [-0.3, -0.25) is 4.98 Å². The highest BCUT2D eigenvalue weighted by Crippen LogP contribution is 2.19. The van der Waals surface area contributed by atoms with Crippen LogP contribution in [-0.2, 0) is 16.4 Å². The fraction of sp³-hybridized carbons (Fsp3) is 0.267. The van der Waals surface area contributed by atoms with E-state index in [1.165, 1.54) is 6.26 Å². The van der Waals surface area contributed by atoms with Gasteiger partial charge in [0, 0.05) is 36.2 Å². The van der Waals surface area contributed by atoms with Crippen LogP contribution in [0.5, 0.6) is 0 Å². The molecule has 0 saturated carbocycles. The Bertz CT molecular complexity index is 656. The van der Waals surface area contributed by atoms with Crippen LogP contribution in [0.1, 0.15) is 5.69 Å². The fourth-order valence-corrected chi connectivity index (χ4v) is 3.18. The summed E-state index contributed by atoms with van der Waals surface area (Å²) in [7, 11) is -3.11. The number of benzene rings is 1. The third-order valence-corrected chi connectivity index (χ3v) is 4.97. The Balaban J connectivity index is 1.71. The van der Waals surface area contributed by atoms with E-state index in [2.05, 4.69) is 10.3 Å². The highest BCUT2D eigenvalue weighted by atomic mass is 32.2. The van der Waals surface area contributed by atoms with Crippen LogP contribution in [0.4, 0.5) is 0 Å². The summed E-state index contributed by atoms with van der Waals surface area (Å²) < 4.78 is 22.7. The van der Waals surface area contributed by atoms with Crippen molar-refractivity contribution in [3.63, 3.8) is 0 Å². The van der Waals surface area contributed by atoms with E-state index in [0.29, 0.717) is 4.90 Å². The zero-order valence-electron chi connectivity index (χ0n) is 11.8. The zero-order valence-corrected chi connectivity index (χ0v) is 13.5. The minimum Gasteiger partial charge on any atom is -0.310 e. The van der Waals surface area contributed by atoms with Crippen LogP contribution < -0.4 is 5.32 Å². The molecule has 21 heavy (non-hydrogen) atoms. The fourth-order valence-electron chi connectivity index (χ4n) is 1.74. The Kier molecular flexibility index (Phi) is 5.78. The van der Waals surface area contributed by atoms with Crippen molar-refractivity contribution >= 4 is 21.6 Å². The van der Waals surface area contributed by atoms with E-state index < -0.39 is 9.84 Å². The smallest absolute Gasteiger partial charge is 0.175 e. The number of aromatic nitrogens is 1. The van der Waals surface area contributed by atoms with Gasteiger partial charge in [-0.05, 0) is 36.4 Å². The van der Waals surface area contributed by atoms with Crippen molar-refractivity contribution in [1.82, 2.24) is 10.3 Å². The minimum absolute atomic E-state index is 0.361. The summed E-state index contributed by atoms with van der Waals surface area (Å²) in [5.74, 6) is 0.922. The number of thioether (sulfide) groups is 1. The van der Waals surface area contributed by atoms with E-state index >= 15 is 0 Å². The third-order valence-electron chi connectivity index (χ3n) is 2.83. The maximum Gasteiger partial charge on any atom is 0.175 e. The summed E-state index contributed by atoms with van der Waals surface area (Å²) in [5.41, 5.74) is 1.03. The van der Waals surface area contributed by atoms with Gasteiger partial charge in [0.05, 0.1) is 10.6 Å². The van der Waals surface area contributed by atoms with Crippen molar-refractivity contribution in [1.29, 1.82) is 0 Å². The van der Waals surface area contributed by atoms with Gasteiger partial charge in [-0.15, -0.1) is 11.8 Å². The molecule has 0 unspecified atom stereocenters. The van der Waals surface area contributed by atoms with E-state index in [9.17, 15) is 8.42 Å². The Morgan fingerprint density at radius 2 is 1.90 bits per heavy atom. The van der Waals surface area contributed by atoms with Crippen LogP contribution in [-0.4, -0.2) is 32.0 Å². The minimum atomic E-state index is -3.11. The topological polar surface area (TPSA) is 59.1 Å². The number of hydrogen-bond acceptors (Lipinski definition) is 5. The van der Waals surface area contributed by atoms with Crippen molar-refractivity contribution in [3.8, 4) is 0 Å². The Morgan fingerprint density at radius 1 is 1.14 bits per heavy atom. The van der Waals surface area contributed by atoms with E-state index in [1.54, 1.807) is 30.1 Å². The summed E-state index contributed by atoms with van der Waals surface area (Å²) in [5, 5.41) is 3.33. The van der Waals surface area contributed by atoms with Crippen LogP contribution in [0.3, 0.4) is 0 Å². The zero-order chi connectivity index (χ0) is 15.1. The van der Waals surface area contributed by atoms with Crippen molar-refractivity contribution < 1.29 is 8.42 Å². The van der Waals surface area contributed by atoms with E-state index in [1.807, 2.05) is 30.3 Å². The number of pyridine rings is 1. The lowest BCUT2D eigenvalue weighted by molar-refractivity contribution is 0.602. The highest BCUT2D eigenvalue weighted by Gasteiger charge is 2.05. The molecule has 0 fully saturated rings. The predicted octanol–water partition coefficient (Wildman–Crippen LogP) is 2.37. The Labute approximate surface area is 129 Å². The molecule has 0 aliphatic heterocycles. The lowest BCUT2D eigenvalue weighted by atomic mass is 10.3. The normalized spacial score (nSPS) is 11.5. The standard InChI is InChI=1S/C15H18N2O2S2/c1-21(18,19)15-7-5-14(6-8-15)20-11-10-16-12-13-4-2-3-9-17-13/h2-9,16H,10-12H2,1H3. The van der Waals surface area contributed by atoms with Gasteiger partial charge in [0.15, 0.2) is 9.84 Å². The average molecular weight is 322 g/mol. The molecule has 0 radical (unpaired) electrons. The molecule has 0 spiro atoms. The molecule has 2 aromatic rings. The Morgan fingerprint density at radius 3 is 2.52 bits per heavy atom. The molecular formula is C15H18N2O2S2. The summed E-state index contributed by atoms with van der Waals surface area (Å²) in [6.07, 6.45) is 3.01. The third kappa shape index (κ3) is 5.49. The first-order valence-corrected chi connectivity index (χ1v) is 9.47. The van der Waals surface area contributed by atoms with Crippen molar-refractivity contribution in [3.05, 3.63) is 54.4 Å². The lowest BCUT2D eigenvalue weighted by Crippen LogP contribution is -2.17. The number of nitrogens with zero attached hydrogens (tertiary/aromatic N) is 1. The van der Waals surface area contributed by atoms with Gasteiger partial charge in [-0.2, -0.15) is 0 Å². The molecule has 1 N–H and O–H groups in total. The first-order valence-electron chi connectivity index (χ1n) is 6.59. The number of sulfone groups is 1. The number of rotatable bonds is 7. The number of nitrogens with one attached hydrogen (secondary N) is 1. The molecule has 0 aliphatic carbocycles. The van der Waals surface area contributed by atoms with Crippen LogP contribution >= 0.6 is 11.8 Å². The second-order valence-corrected chi connectivity index (χ2v) is 7.77. The summed E-state index contributed by atoms with van der Waals surface area (Å²) >= 11 is 1.70. The van der Waals surface area contributed by atoms with Gasteiger partial charge in [0.1, 0.15) is 0 Å². The molecule has 0 saturated heterocycles. The van der Waals surface area contributed by atoms with Crippen molar-refractivity contribution in [2.45, 2.75) is 16.3 Å². The highest BCUT2D eigenvalue weighted by molar-refractivity contribution is 7.99. The molecule has 2 rings (SSSR count). The van der Waals surface area contributed by atoms with Gasteiger partial charge < -0.3 is 5.32 Å². The molecule has 1 aromatic carbocycles. The summed E-state index contributed by atoms with van der Waals surface area (Å²) in [6.45, 7) is 1.63. The van der Waals surface area contributed by atoms with Crippen LogP contribution in [0, 0.1) is 0 Å². The SMILES string of the molecule is CS(=O)(=O)c1ccc(SCCNCc2ccccn2)cc1. The first-order chi connectivity index (χ1) is 10.1. The monoisotopic (exact) mass is 322 g/mol. The molecule has 1 aromatic heterocycles. The molecule has 0 bridgehead atoms. The summed E-state index contributed by atoms with van der Waals surface area (Å²) in [6, 6.07) is 12.9. The largest absolute Gasteiger partial charge is 0.310 e. The Hall–Kier alpha value is -1.37. The maximum absolute atomic E-state index is 11.4. The van der Waals surface area contributed by atoms with E-state index in [0.717, 1.165) is 29.4 Å². The maximum atomic E-state index is 11.4. The molecule has 4 nitrogen and oxygen atoms in total. The van der Waals surface area contributed by atoms with Gasteiger partial charge in [-0.25, -0.2) is 8.42 Å². The molecule has 112 valence electrons. The van der Waals surface area contributed by atoms with Crippen LogP contribution in [0.25, 0.3) is 0 Å². The molecule has 0 amide bonds. The van der Waals surface area contributed by atoms with Crippen LogP contribution in [0.2, 0.25) is 0 Å². The second-order valence-electron chi connectivity index (χ2n) is 4.59. The molecule has 6 heteroatoms. The first kappa shape index (κ1) is 16.0. The molecule has 1 heterocycles. The van der Waals surface area contributed by atoms with Crippen molar-refractivity contribution in [2.75, 3.05) is 18.6 Å². The van der Waals surface area contributed by atoms with Gasteiger partial charge in [-0.1, -0.05) is 6.07 Å². The van der Waals surface area contributed by atoms with Gasteiger partial charge in [0.2, 0.25) is 0 Å². The lowest BCUT2D eigenvalue weighted by Gasteiger charge is -2.05. The van der Waals surface area contributed by atoms with E-state index in [-0.39, 0.29) is 0 Å². The predicted molar refractivity (Wildman–Crippen MR) is 86.2 cm³/mol. The number of hydrogen-bond donors (Lipinski definition) is 1. The van der Waals surface area contributed by atoms with E-state index in [4.69, 9.17) is 0 Å². The summed E-state index contributed by atoms with van der Waals surface area (Å²) in [4.78, 5) is 5.67. The second kappa shape index (κ2) is 7.59. The molecule has 0 aliphatic rings. The van der Waals surface area contributed by atoms with Gasteiger partial charge >= 0.3 is 0 Å².